The van der Waals surface area contributed by atoms with Gasteiger partial charge in [0.2, 0.25) is 0 Å². The van der Waals surface area contributed by atoms with Gasteiger partial charge in [-0.1, -0.05) is 6.07 Å². The van der Waals surface area contributed by atoms with Gasteiger partial charge in [0.25, 0.3) is 0 Å². The van der Waals surface area contributed by atoms with Crippen LogP contribution in [0.4, 0.5) is 0 Å². The van der Waals surface area contributed by atoms with Crippen molar-refractivity contribution in [3.8, 4) is 0 Å². The zero-order valence-electron chi connectivity index (χ0n) is 11.3. The molecule has 0 amide bonds. The first-order chi connectivity index (χ1) is 9.33. The van der Waals surface area contributed by atoms with Gasteiger partial charge >= 0.3 is 0 Å². The summed E-state index contributed by atoms with van der Waals surface area (Å²) < 4.78 is 5.43. The topological polar surface area (TPSA) is 41.7 Å². The molecule has 19 heavy (non-hydrogen) atoms. The summed E-state index contributed by atoms with van der Waals surface area (Å²) in [6, 6.07) is 5.11. The molecule has 1 aromatic rings. The molecule has 4 nitrogen and oxygen atoms in total. The highest BCUT2D eigenvalue weighted by molar-refractivity contribution is 7.10. The molecule has 2 aliphatic rings. The fourth-order valence-electron chi connectivity index (χ4n) is 3.09. The molecule has 2 N–H and O–H groups in total. The summed E-state index contributed by atoms with van der Waals surface area (Å²) in [5.74, 6) is 0. The highest BCUT2D eigenvalue weighted by Gasteiger charge is 2.29. The average molecular weight is 281 g/mol. The van der Waals surface area contributed by atoms with Crippen LogP contribution in [0.1, 0.15) is 17.3 Å². The minimum Gasteiger partial charge on any atom is -0.379 e. The number of rotatable bonds is 4. The summed E-state index contributed by atoms with van der Waals surface area (Å²) in [6.07, 6.45) is 1.27. The minimum atomic E-state index is 0.170. The second-order valence-corrected chi connectivity index (χ2v) is 6.45. The number of morpholine rings is 1. The molecule has 0 bridgehead atoms. The number of hydrogen-bond donors (Lipinski definition) is 1. The molecule has 2 atom stereocenters. The summed E-state index contributed by atoms with van der Waals surface area (Å²) in [5.41, 5.74) is 6.28. The highest BCUT2D eigenvalue weighted by Crippen LogP contribution is 2.22. The van der Waals surface area contributed by atoms with Crippen LogP contribution in [0, 0.1) is 0 Å². The van der Waals surface area contributed by atoms with Crippen LogP contribution < -0.4 is 5.73 Å². The van der Waals surface area contributed by atoms with Crippen LogP contribution in [-0.2, 0) is 4.74 Å². The quantitative estimate of drug-likeness (QED) is 0.899. The van der Waals surface area contributed by atoms with Crippen molar-refractivity contribution >= 4 is 11.3 Å². The van der Waals surface area contributed by atoms with E-state index in [1.165, 1.54) is 24.4 Å². The second kappa shape index (κ2) is 6.33. The minimum absolute atomic E-state index is 0.170. The van der Waals surface area contributed by atoms with E-state index in [4.69, 9.17) is 10.5 Å². The largest absolute Gasteiger partial charge is 0.379 e. The first-order valence-corrected chi connectivity index (χ1v) is 8.04. The van der Waals surface area contributed by atoms with E-state index in [1.54, 1.807) is 11.3 Å². The molecule has 0 spiro atoms. The first-order valence-electron chi connectivity index (χ1n) is 7.16. The van der Waals surface area contributed by atoms with Crippen molar-refractivity contribution < 1.29 is 4.74 Å². The summed E-state index contributed by atoms with van der Waals surface area (Å²) >= 11 is 1.76. The zero-order chi connectivity index (χ0) is 13.1. The molecule has 2 saturated heterocycles. The molecular weight excluding hydrogens is 258 g/mol. The predicted molar refractivity (Wildman–Crippen MR) is 78.5 cm³/mol. The maximum absolute atomic E-state index is 6.28. The fourth-order valence-corrected chi connectivity index (χ4v) is 3.81. The van der Waals surface area contributed by atoms with Gasteiger partial charge in [0, 0.05) is 37.1 Å². The third-order valence-corrected chi connectivity index (χ3v) is 5.18. The molecule has 2 fully saturated rings. The van der Waals surface area contributed by atoms with Crippen molar-refractivity contribution in [2.75, 3.05) is 45.9 Å². The molecule has 0 aromatic carbocycles. The van der Waals surface area contributed by atoms with Crippen molar-refractivity contribution in [2.24, 2.45) is 5.73 Å². The van der Waals surface area contributed by atoms with Crippen LogP contribution >= 0.6 is 11.3 Å². The molecule has 3 rings (SSSR count). The number of likely N-dealkylation sites (tertiary alicyclic amines) is 1. The Hall–Kier alpha value is -0.460. The molecule has 106 valence electrons. The van der Waals surface area contributed by atoms with Crippen LogP contribution in [0.3, 0.4) is 0 Å². The molecule has 2 aliphatic heterocycles. The van der Waals surface area contributed by atoms with E-state index < -0.39 is 0 Å². The standard InChI is InChI=1S/C14H23N3OS/c15-13(14-2-1-9-19-14)11-16-4-3-12(10-16)17-5-7-18-8-6-17/h1-2,9,12-13H,3-8,10-11,15H2. The van der Waals surface area contributed by atoms with E-state index in [9.17, 15) is 0 Å². The lowest BCUT2D eigenvalue weighted by atomic mass is 10.2. The summed E-state index contributed by atoms with van der Waals surface area (Å²) in [4.78, 5) is 6.40. The zero-order valence-corrected chi connectivity index (χ0v) is 12.1. The second-order valence-electron chi connectivity index (χ2n) is 5.47. The highest BCUT2D eigenvalue weighted by atomic mass is 32.1. The van der Waals surface area contributed by atoms with Crippen molar-refractivity contribution in [1.29, 1.82) is 0 Å². The van der Waals surface area contributed by atoms with Gasteiger partial charge in [0.15, 0.2) is 0 Å². The lowest BCUT2D eigenvalue weighted by Crippen LogP contribution is -2.45. The van der Waals surface area contributed by atoms with Crippen LogP contribution in [0.15, 0.2) is 17.5 Å². The lowest BCUT2D eigenvalue weighted by molar-refractivity contribution is 0.0184. The average Bonchev–Trinajstić information content (AvgIpc) is 3.11. The van der Waals surface area contributed by atoms with E-state index in [0.29, 0.717) is 6.04 Å². The monoisotopic (exact) mass is 281 g/mol. The number of hydrogen-bond acceptors (Lipinski definition) is 5. The van der Waals surface area contributed by atoms with Crippen LogP contribution in [-0.4, -0.2) is 61.8 Å². The molecule has 3 heterocycles. The molecule has 0 aliphatic carbocycles. The summed E-state index contributed by atoms with van der Waals surface area (Å²) in [7, 11) is 0. The van der Waals surface area contributed by atoms with Gasteiger partial charge in [-0.05, 0) is 24.4 Å². The van der Waals surface area contributed by atoms with E-state index >= 15 is 0 Å². The third-order valence-electron chi connectivity index (χ3n) is 4.17. The Labute approximate surface area is 119 Å². The van der Waals surface area contributed by atoms with Crippen LogP contribution in [0.25, 0.3) is 0 Å². The summed E-state index contributed by atoms with van der Waals surface area (Å²) in [5, 5.41) is 2.11. The van der Waals surface area contributed by atoms with Crippen molar-refractivity contribution in [2.45, 2.75) is 18.5 Å². The van der Waals surface area contributed by atoms with Gasteiger partial charge in [-0.15, -0.1) is 11.3 Å². The molecule has 2 unspecified atom stereocenters. The van der Waals surface area contributed by atoms with Gasteiger partial charge in [0.05, 0.1) is 19.3 Å². The lowest BCUT2D eigenvalue weighted by Gasteiger charge is -2.32. The Morgan fingerprint density at radius 1 is 1.37 bits per heavy atom. The van der Waals surface area contributed by atoms with Gasteiger partial charge < -0.3 is 10.5 Å². The maximum atomic E-state index is 6.28. The van der Waals surface area contributed by atoms with E-state index in [0.717, 1.165) is 32.8 Å². The number of nitrogens with two attached hydrogens (primary N) is 1. The molecule has 1 aromatic heterocycles. The smallest absolute Gasteiger partial charge is 0.0594 e. The van der Waals surface area contributed by atoms with Crippen LogP contribution in [0.5, 0.6) is 0 Å². The SMILES string of the molecule is NC(CN1CCC(N2CCOCC2)C1)c1cccs1. The van der Waals surface area contributed by atoms with E-state index in [-0.39, 0.29) is 6.04 Å². The molecule has 0 saturated carbocycles. The Kier molecular flexibility index (Phi) is 4.50. The fraction of sp³-hybridized carbons (Fsp3) is 0.714. The third kappa shape index (κ3) is 3.35. The molecule has 0 radical (unpaired) electrons. The van der Waals surface area contributed by atoms with Gasteiger partial charge in [0.1, 0.15) is 0 Å². The van der Waals surface area contributed by atoms with E-state index in [2.05, 4.69) is 27.3 Å². The Morgan fingerprint density at radius 2 is 2.21 bits per heavy atom. The van der Waals surface area contributed by atoms with Gasteiger partial charge in [-0.25, -0.2) is 0 Å². The normalized spacial score (nSPS) is 27.7. The van der Waals surface area contributed by atoms with Crippen molar-refractivity contribution in [3.63, 3.8) is 0 Å². The van der Waals surface area contributed by atoms with E-state index in [1.807, 2.05) is 0 Å². The first kappa shape index (κ1) is 13.5. The van der Waals surface area contributed by atoms with Crippen molar-refractivity contribution in [1.82, 2.24) is 9.80 Å². The van der Waals surface area contributed by atoms with Crippen molar-refractivity contribution in [3.05, 3.63) is 22.4 Å². The number of nitrogens with zero attached hydrogens (tertiary/aromatic N) is 2. The molecular formula is C14H23N3OS. The molecule has 5 heteroatoms. The summed E-state index contributed by atoms with van der Waals surface area (Å²) in [6.45, 7) is 7.31. The predicted octanol–water partition coefficient (Wildman–Crippen LogP) is 1.15. The number of ether oxygens (including phenoxy) is 1. The van der Waals surface area contributed by atoms with Crippen LogP contribution in [0.2, 0.25) is 0 Å². The Morgan fingerprint density at radius 3 is 2.95 bits per heavy atom. The maximum Gasteiger partial charge on any atom is 0.0594 e. The Bertz CT molecular complexity index is 378. The number of thiophene rings is 1. The Balaban J connectivity index is 1.48. The van der Waals surface area contributed by atoms with Gasteiger partial charge in [-0.3, -0.25) is 9.80 Å². The van der Waals surface area contributed by atoms with Gasteiger partial charge in [-0.2, -0.15) is 0 Å².